The van der Waals surface area contributed by atoms with Gasteiger partial charge < -0.3 is 5.11 Å². The lowest BCUT2D eigenvalue weighted by Crippen LogP contribution is -1.63. The van der Waals surface area contributed by atoms with Gasteiger partial charge in [-0.3, -0.25) is 0 Å². The molecule has 0 atom stereocenters. The number of aliphatic hydroxyl groups excluding tert-OH is 1. The highest BCUT2D eigenvalue weighted by Crippen LogP contribution is 2.17. The molecule has 0 aliphatic rings. The van der Waals surface area contributed by atoms with E-state index >= 15 is 0 Å². The van der Waals surface area contributed by atoms with Crippen molar-refractivity contribution in [3.8, 4) is 0 Å². The maximum absolute atomic E-state index is 8.32. The summed E-state index contributed by atoms with van der Waals surface area (Å²) in [7, 11) is 0. The second kappa shape index (κ2) is 5.49. The van der Waals surface area contributed by atoms with Gasteiger partial charge in [0.2, 0.25) is 0 Å². The van der Waals surface area contributed by atoms with Crippen LogP contribution in [0.25, 0.3) is 0 Å². The van der Waals surface area contributed by atoms with Crippen LogP contribution in [0.15, 0.2) is 59.0 Å². The highest BCUT2D eigenvalue weighted by atomic mass is 32.2. The molecule has 1 rings (SSSR count). The van der Waals surface area contributed by atoms with Crippen molar-refractivity contribution in [1.29, 1.82) is 0 Å². The topological polar surface area (TPSA) is 20.2 Å². The quantitative estimate of drug-likeness (QED) is 0.435. The molecular formula is C10H10OS. The van der Waals surface area contributed by atoms with Crippen molar-refractivity contribution in [3.05, 3.63) is 54.2 Å². The molecule has 0 amide bonds. The van der Waals surface area contributed by atoms with Crippen molar-refractivity contribution in [2.75, 3.05) is 0 Å². The largest absolute Gasteiger partial charge is 0.516 e. The molecule has 0 aromatic heterocycles. The summed E-state index contributed by atoms with van der Waals surface area (Å²) < 4.78 is 0. The standard InChI is InChI=1S/C10H10OS/c11-8-4-5-9-12-10-6-2-1-3-7-10/h1-9,11H. The molecule has 0 heterocycles. The van der Waals surface area contributed by atoms with Crippen molar-refractivity contribution < 1.29 is 5.11 Å². The second-order valence-electron chi connectivity index (χ2n) is 2.10. The molecule has 1 aromatic carbocycles. The average molecular weight is 178 g/mol. The van der Waals surface area contributed by atoms with E-state index in [1.165, 1.54) is 4.90 Å². The van der Waals surface area contributed by atoms with Crippen molar-refractivity contribution in [2.45, 2.75) is 4.90 Å². The Bertz CT molecular complexity index is 264. The third-order valence-electron chi connectivity index (χ3n) is 1.22. The van der Waals surface area contributed by atoms with E-state index in [0.717, 1.165) is 6.26 Å². The van der Waals surface area contributed by atoms with Crippen LogP contribution >= 0.6 is 11.8 Å². The van der Waals surface area contributed by atoms with E-state index < -0.39 is 0 Å². The Morgan fingerprint density at radius 2 is 1.83 bits per heavy atom. The Kier molecular flexibility index (Phi) is 4.09. The molecule has 0 bridgehead atoms. The van der Waals surface area contributed by atoms with Gasteiger partial charge in [-0.05, 0) is 23.6 Å². The van der Waals surface area contributed by atoms with Crippen LogP contribution in [0.3, 0.4) is 0 Å². The number of hydrogen-bond donors (Lipinski definition) is 1. The molecule has 0 aliphatic heterocycles. The number of thioether (sulfide) groups is 1. The third kappa shape index (κ3) is 3.30. The normalized spacial score (nSPS) is 11.3. The van der Waals surface area contributed by atoms with Gasteiger partial charge in [-0.2, -0.15) is 0 Å². The zero-order chi connectivity index (χ0) is 8.65. The Hall–Kier alpha value is -1.15. The first-order valence-corrected chi connectivity index (χ1v) is 4.49. The first kappa shape index (κ1) is 8.94. The number of aliphatic hydroxyl groups is 1. The van der Waals surface area contributed by atoms with Crippen LogP contribution in [-0.4, -0.2) is 5.11 Å². The van der Waals surface area contributed by atoms with E-state index in [2.05, 4.69) is 0 Å². The molecule has 1 aromatic rings. The highest BCUT2D eigenvalue weighted by Gasteiger charge is 1.84. The van der Waals surface area contributed by atoms with Gasteiger partial charge in [0, 0.05) is 4.90 Å². The zero-order valence-electron chi connectivity index (χ0n) is 6.55. The monoisotopic (exact) mass is 178 g/mol. The first-order valence-electron chi connectivity index (χ1n) is 3.61. The molecule has 0 saturated heterocycles. The molecule has 0 radical (unpaired) electrons. The van der Waals surface area contributed by atoms with E-state index in [1.807, 2.05) is 35.7 Å². The van der Waals surface area contributed by atoms with Gasteiger partial charge >= 0.3 is 0 Å². The minimum atomic E-state index is 1.02. The van der Waals surface area contributed by atoms with E-state index in [-0.39, 0.29) is 0 Å². The zero-order valence-corrected chi connectivity index (χ0v) is 7.37. The van der Waals surface area contributed by atoms with Gasteiger partial charge in [0.05, 0.1) is 6.26 Å². The molecule has 12 heavy (non-hydrogen) atoms. The van der Waals surface area contributed by atoms with E-state index in [9.17, 15) is 0 Å². The summed E-state index contributed by atoms with van der Waals surface area (Å²) >= 11 is 1.62. The van der Waals surface area contributed by atoms with Crippen molar-refractivity contribution in [1.82, 2.24) is 0 Å². The molecule has 0 saturated carbocycles. The van der Waals surface area contributed by atoms with Crippen LogP contribution in [0, 0.1) is 0 Å². The molecule has 62 valence electrons. The smallest absolute Gasteiger partial charge is 0.0791 e. The fourth-order valence-corrected chi connectivity index (χ4v) is 1.35. The number of allylic oxidation sites excluding steroid dienone is 2. The fourth-order valence-electron chi connectivity index (χ4n) is 0.712. The summed E-state index contributed by atoms with van der Waals surface area (Å²) in [4.78, 5) is 1.19. The summed E-state index contributed by atoms with van der Waals surface area (Å²) in [5.41, 5.74) is 0. The van der Waals surface area contributed by atoms with Crippen LogP contribution in [0.1, 0.15) is 0 Å². The highest BCUT2D eigenvalue weighted by molar-refractivity contribution is 8.02. The minimum Gasteiger partial charge on any atom is -0.516 e. The lowest BCUT2D eigenvalue weighted by atomic mass is 10.4. The summed E-state index contributed by atoms with van der Waals surface area (Å²) in [5.74, 6) is 0. The van der Waals surface area contributed by atoms with Gasteiger partial charge in [0.1, 0.15) is 0 Å². The summed E-state index contributed by atoms with van der Waals surface area (Å²) in [6.07, 6.45) is 4.38. The molecule has 1 nitrogen and oxygen atoms in total. The molecule has 0 aliphatic carbocycles. The molecule has 0 unspecified atom stereocenters. The van der Waals surface area contributed by atoms with Crippen LogP contribution in [0.5, 0.6) is 0 Å². The Balaban J connectivity index is 2.43. The Morgan fingerprint density at radius 1 is 1.08 bits per heavy atom. The van der Waals surface area contributed by atoms with Gasteiger partial charge in [0.15, 0.2) is 0 Å². The van der Waals surface area contributed by atoms with Crippen molar-refractivity contribution >= 4 is 11.8 Å². The lowest BCUT2D eigenvalue weighted by Gasteiger charge is -1.91. The maximum Gasteiger partial charge on any atom is 0.0791 e. The van der Waals surface area contributed by atoms with Gasteiger partial charge in [-0.1, -0.05) is 36.0 Å². The Morgan fingerprint density at radius 3 is 2.50 bits per heavy atom. The average Bonchev–Trinajstić information content (AvgIpc) is 2.14. The van der Waals surface area contributed by atoms with Gasteiger partial charge in [-0.15, -0.1) is 0 Å². The molecule has 2 heteroatoms. The van der Waals surface area contributed by atoms with E-state index in [4.69, 9.17) is 5.11 Å². The Labute approximate surface area is 76.4 Å². The number of rotatable bonds is 3. The predicted octanol–water partition coefficient (Wildman–Crippen LogP) is 3.36. The maximum atomic E-state index is 8.32. The summed E-state index contributed by atoms with van der Waals surface area (Å²) in [5, 5.41) is 10.2. The molecule has 0 fully saturated rings. The van der Waals surface area contributed by atoms with Crippen LogP contribution < -0.4 is 0 Å². The molecular weight excluding hydrogens is 168 g/mol. The van der Waals surface area contributed by atoms with Gasteiger partial charge in [-0.25, -0.2) is 0 Å². The summed E-state index contributed by atoms with van der Waals surface area (Å²) in [6, 6.07) is 10.1. The van der Waals surface area contributed by atoms with Crippen molar-refractivity contribution in [2.24, 2.45) is 0 Å². The van der Waals surface area contributed by atoms with Crippen molar-refractivity contribution in [3.63, 3.8) is 0 Å². The first-order chi connectivity index (χ1) is 5.93. The van der Waals surface area contributed by atoms with E-state index in [0.29, 0.717) is 0 Å². The second-order valence-corrected chi connectivity index (χ2v) is 3.08. The SMILES string of the molecule is OC=CC=CSc1ccccc1. The van der Waals surface area contributed by atoms with Gasteiger partial charge in [0.25, 0.3) is 0 Å². The summed E-state index contributed by atoms with van der Waals surface area (Å²) in [6.45, 7) is 0. The minimum absolute atomic E-state index is 1.02. The van der Waals surface area contributed by atoms with Crippen LogP contribution in [0.2, 0.25) is 0 Å². The third-order valence-corrected chi connectivity index (χ3v) is 2.06. The predicted molar refractivity (Wildman–Crippen MR) is 53.2 cm³/mol. The molecule has 1 N–H and O–H groups in total. The van der Waals surface area contributed by atoms with E-state index in [1.54, 1.807) is 23.9 Å². The number of hydrogen-bond acceptors (Lipinski definition) is 2. The lowest BCUT2D eigenvalue weighted by molar-refractivity contribution is 0.474. The van der Waals surface area contributed by atoms with Crippen LogP contribution in [0.4, 0.5) is 0 Å². The number of benzene rings is 1. The molecule has 0 spiro atoms. The van der Waals surface area contributed by atoms with Crippen LogP contribution in [-0.2, 0) is 0 Å². The fraction of sp³-hybridized carbons (Fsp3) is 0.